The van der Waals surface area contributed by atoms with Crippen LogP contribution in [0.15, 0.2) is 84.3 Å². The van der Waals surface area contributed by atoms with Gasteiger partial charge in [0.15, 0.2) is 5.82 Å². The van der Waals surface area contributed by atoms with E-state index in [1.165, 1.54) is 5.69 Å². The minimum absolute atomic E-state index is 0. The monoisotopic (exact) mass is 549 g/mol. The highest BCUT2D eigenvalue weighted by atomic mass is 35.5. The van der Waals surface area contributed by atoms with Gasteiger partial charge >= 0.3 is 0 Å². The lowest BCUT2D eigenvalue weighted by atomic mass is 10.1. The number of pyridine rings is 1. The van der Waals surface area contributed by atoms with E-state index in [-0.39, 0.29) is 30.4 Å². The van der Waals surface area contributed by atoms with Crippen molar-refractivity contribution in [3.8, 4) is 11.4 Å². The summed E-state index contributed by atoms with van der Waals surface area (Å²) in [5.74, 6) is 0.749. The Morgan fingerprint density at radius 3 is 2.24 bits per heavy atom. The van der Waals surface area contributed by atoms with Crippen LogP contribution in [-0.2, 0) is 6.54 Å². The Hall–Kier alpha value is -3.59. The predicted octanol–water partition coefficient (Wildman–Crippen LogP) is 4.46. The molecule has 0 atom stereocenters. The molecule has 0 spiro atoms. The molecule has 1 aliphatic rings. The van der Waals surface area contributed by atoms with E-state index in [1.807, 2.05) is 30.3 Å². The van der Waals surface area contributed by atoms with Crippen LogP contribution in [0.25, 0.3) is 33.2 Å². The van der Waals surface area contributed by atoms with E-state index in [2.05, 4.69) is 54.0 Å². The second kappa shape index (κ2) is 12.3. The molecule has 10 heteroatoms. The number of piperazine rings is 1. The molecule has 196 valence electrons. The van der Waals surface area contributed by atoms with Crippen molar-refractivity contribution < 1.29 is 0 Å². The van der Waals surface area contributed by atoms with Crippen LogP contribution in [0.2, 0.25) is 0 Å². The van der Waals surface area contributed by atoms with Gasteiger partial charge in [-0.05, 0) is 49.4 Å². The molecular weight excluding hydrogens is 521 g/mol. The van der Waals surface area contributed by atoms with Crippen molar-refractivity contribution in [3.63, 3.8) is 0 Å². The molecule has 0 radical (unpaired) electrons. The van der Waals surface area contributed by atoms with Gasteiger partial charge in [-0.25, -0.2) is 15.0 Å². The number of anilines is 1. The van der Waals surface area contributed by atoms with Crippen LogP contribution in [0.4, 0.5) is 5.69 Å². The molecule has 1 saturated heterocycles. The molecule has 0 aliphatic carbocycles. The molecule has 0 saturated carbocycles. The summed E-state index contributed by atoms with van der Waals surface area (Å²) in [5, 5.41) is 1.50. The summed E-state index contributed by atoms with van der Waals surface area (Å²) in [4.78, 5) is 35.6. The Bertz CT molecular complexity index is 1550. The molecule has 0 bridgehead atoms. The van der Waals surface area contributed by atoms with Crippen LogP contribution in [0.3, 0.4) is 0 Å². The third kappa shape index (κ3) is 5.62. The molecule has 38 heavy (non-hydrogen) atoms. The van der Waals surface area contributed by atoms with Gasteiger partial charge in [0.05, 0.1) is 22.7 Å². The molecule has 8 nitrogen and oxygen atoms in total. The van der Waals surface area contributed by atoms with E-state index in [0.29, 0.717) is 11.9 Å². The van der Waals surface area contributed by atoms with Crippen molar-refractivity contribution in [2.75, 3.05) is 37.6 Å². The Kier molecular flexibility index (Phi) is 8.89. The molecule has 4 heterocycles. The highest BCUT2D eigenvalue weighted by Gasteiger charge is 2.17. The van der Waals surface area contributed by atoms with Gasteiger partial charge in [0.25, 0.3) is 5.56 Å². The third-order valence-corrected chi connectivity index (χ3v) is 6.87. The second-order valence-corrected chi connectivity index (χ2v) is 9.08. The Labute approximate surface area is 233 Å². The molecule has 5 aromatic rings. The number of aryl methyl sites for hydroxylation is 1. The second-order valence-electron chi connectivity index (χ2n) is 9.08. The van der Waals surface area contributed by atoms with Gasteiger partial charge in [0.2, 0.25) is 0 Å². The standard InChI is InChI=1S/C28H27N7O.2ClH/c36-28-24-19-31-25-6-2-1-5-23(25)26(24)32-20-35(28)14-4-13-33-15-17-34(18-16-33)22-9-7-21(8-10-22)27-29-11-3-12-30-27;;/h1-3,5-12,19-20H,4,13-18H2;2*1H. The molecule has 1 aliphatic heterocycles. The first kappa shape index (κ1) is 27.4. The summed E-state index contributed by atoms with van der Waals surface area (Å²) in [5.41, 5.74) is 3.81. The Morgan fingerprint density at radius 1 is 0.737 bits per heavy atom. The predicted molar refractivity (Wildman–Crippen MR) is 157 cm³/mol. The summed E-state index contributed by atoms with van der Waals surface area (Å²) in [6.07, 6.45) is 7.77. The van der Waals surface area contributed by atoms with Gasteiger partial charge in [-0.2, -0.15) is 0 Å². The number of halogens is 2. The van der Waals surface area contributed by atoms with Crippen molar-refractivity contribution in [1.29, 1.82) is 0 Å². The number of nitrogens with zero attached hydrogens (tertiary/aromatic N) is 7. The van der Waals surface area contributed by atoms with Gasteiger partial charge in [0, 0.05) is 68.0 Å². The lowest BCUT2D eigenvalue weighted by Gasteiger charge is -2.36. The minimum atomic E-state index is -0.0209. The number of aromatic nitrogens is 5. The summed E-state index contributed by atoms with van der Waals surface area (Å²) < 4.78 is 1.72. The molecule has 0 N–H and O–H groups in total. The first-order valence-corrected chi connectivity index (χ1v) is 12.3. The number of benzene rings is 2. The van der Waals surface area contributed by atoms with Gasteiger partial charge in [-0.15, -0.1) is 24.8 Å². The fraction of sp³-hybridized carbons (Fsp3) is 0.250. The average molecular weight is 550 g/mol. The van der Waals surface area contributed by atoms with Gasteiger partial charge in [0.1, 0.15) is 0 Å². The van der Waals surface area contributed by atoms with Crippen molar-refractivity contribution in [2.45, 2.75) is 13.0 Å². The maximum Gasteiger partial charge on any atom is 0.262 e. The van der Waals surface area contributed by atoms with E-state index >= 15 is 0 Å². The number of hydrogen-bond acceptors (Lipinski definition) is 7. The number of rotatable bonds is 6. The van der Waals surface area contributed by atoms with Gasteiger partial charge in [-0.3, -0.25) is 19.2 Å². The van der Waals surface area contributed by atoms with Crippen LogP contribution < -0.4 is 10.5 Å². The number of hydrogen-bond donors (Lipinski definition) is 0. The van der Waals surface area contributed by atoms with Crippen molar-refractivity contribution in [2.24, 2.45) is 0 Å². The van der Waals surface area contributed by atoms with E-state index in [0.717, 1.165) is 67.0 Å². The summed E-state index contributed by atoms with van der Waals surface area (Å²) in [6.45, 7) is 5.58. The maximum atomic E-state index is 13.0. The molecular formula is C28H29Cl2N7O. The number of fused-ring (bicyclic) bond motifs is 3. The molecule has 0 unspecified atom stereocenters. The zero-order chi connectivity index (χ0) is 24.3. The van der Waals surface area contributed by atoms with Crippen LogP contribution >= 0.6 is 24.8 Å². The third-order valence-electron chi connectivity index (χ3n) is 6.87. The summed E-state index contributed by atoms with van der Waals surface area (Å²) in [7, 11) is 0. The van der Waals surface area contributed by atoms with Crippen LogP contribution in [-0.4, -0.2) is 62.1 Å². The van der Waals surface area contributed by atoms with E-state index in [1.54, 1.807) is 29.5 Å². The average Bonchev–Trinajstić information content (AvgIpc) is 2.95. The quantitative estimate of drug-likeness (QED) is 0.289. The van der Waals surface area contributed by atoms with E-state index in [9.17, 15) is 4.79 Å². The summed E-state index contributed by atoms with van der Waals surface area (Å²) >= 11 is 0. The Morgan fingerprint density at radius 2 is 1.47 bits per heavy atom. The molecule has 0 amide bonds. The smallest absolute Gasteiger partial charge is 0.262 e. The maximum absolute atomic E-state index is 13.0. The fourth-order valence-electron chi connectivity index (χ4n) is 4.88. The van der Waals surface area contributed by atoms with Crippen molar-refractivity contribution in [1.82, 2.24) is 29.4 Å². The van der Waals surface area contributed by atoms with E-state index in [4.69, 9.17) is 0 Å². The first-order valence-electron chi connectivity index (χ1n) is 12.3. The molecule has 3 aromatic heterocycles. The molecule has 6 rings (SSSR count). The summed E-state index contributed by atoms with van der Waals surface area (Å²) in [6, 6.07) is 18.1. The fourth-order valence-corrected chi connectivity index (χ4v) is 4.88. The van der Waals surface area contributed by atoms with Crippen molar-refractivity contribution in [3.05, 3.63) is 89.9 Å². The molecule has 2 aromatic carbocycles. The highest BCUT2D eigenvalue weighted by molar-refractivity contribution is 6.02. The normalized spacial score (nSPS) is 13.7. The van der Waals surface area contributed by atoms with Crippen LogP contribution in [0.5, 0.6) is 0 Å². The van der Waals surface area contributed by atoms with Crippen LogP contribution in [0, 0.1) is 0 Å². The number of para-hydroxylation sites is 1. The SMILES string of the molecule is Cl.Cl.O=c1c2cnc3ccccc3c2ncn1CCCN1CCN(c2ccc(-c3ncccn3)cc2)CC1. The first-order chi connectivity index (χ1) is 17.8. The topological polar surface area (TPSA) is 80.0 Å². The lowest BCUT2D eigenvalue weighted by Crippen LogP contribution is -2.46. The van der Waals surface area contributed by atoms with E-state index < -0.39 is 0 Å². The lowest BCUT2D eigenvalue weighted by molar-refractivity contribution is 0.250. The largest absolute Gasteiger partial charge is 0.369 e. The molecule has 1 fully saturated rings. The van der Waals surface area contributed by atoms with Crippen molar-refractivity contribution >= 4 is 52.3 Å². The van der Waals surface area contributed by atoms with Gasteiger partial charge in [-0.1, -0.05) is 18.2 Å². The van der Waals surface area contributed by atoms with Crippen LogP contribution in [0.1, 0.15) is 6.42 Å². The zero-order valence-corrected chi connectivity index (χ0v) is 22.4. The highest BCUT2D eigenvalue weighted by Crippen LogP contribution is 2.22. The van der Waals surface area contributed by atoms with Gasteiger partial charge < -0.3 is 4.90 Å². The zero-order valence-electron chi connectivity index (χ0n) is 20.8. The Balaban J connectivity index is 0.00000168. The minimum Gasteiger partial charge on any atom is -0.369 e.